The summed E-state index contributed by atoms with van der Waals surface area (Å²) in [4.78, 5) is 37.6. The zero-order valence-electron chi connectivity index (χ0n) is 14.7. The number of fused-ring (bicyclic) bond motifs is 4. The van der Waals surface area contributed by atoms with Crippen LogP contribution in [0.2, 0.25) is 0 Å². The van der Waals surface area contributed by atoms with E-state index in [9.17, 15) is 9.59 Å². The molecule has 136 valence electrons. The number of rotatable bonds is 2. The first-order valence-electron chi connectivity index (χ1n) is 9.12. The van der Waals surface area contributed by atoms with Crippen LogP contribution in [0.15, 0.2) is 58.6 Å². The molecule has 3 aromatic rings. The second kappa shape index (κ2) is 6.19. The molecular formula is C20H19N5O2. The van der Waals surface area contributed by atoms with Gasteiger partial charge >= 0.3 is 0 Å². The Bertz CT molecular complexity index is 1110. The van der Waals surface area contributed by atoms with Crippen LogP contribution in [0.3, 0.4) is 0 Å². The molecule has 0 radical (unpaired) electrons. The lowest BCUT2D eigenvalue weighted by molar-refractivity contribution is 0.280. The normalized spacial score (nSPS) is 21.0. The van der Waals surface area contributed by atoms with Gasteiger partial charge in [0, 0.05) is 61.3 Å². The fraction of sp³-hybridized carbons (Fsp3) is 0.300. The van der Waals surface area contributed by atoms with Gasteiger partial charge in [-0.05, 0) is 30.0 Å². The molecule has 0 saturated carbocycles. The standard InChI is InChI=1S/C20H19N5O2/c26-19-7-18(22-12-23-19)24-9-13-4-16(11-24)17-5-15(6-20(27)25(17)10-13)14-2-1-3-21-8-14/h1-3,5-8,12-13,16H,4,9-11H2,(H,22,23,26)/t13-,16+/m0/s1. The monoisotopic (exact) mass is 361 g/mol. The fourth-order valence-electron chi connectivity index (χ4n) is 4.38. The SMILES string of the molecule is O=c1cc(N2C[C@@H]3C[C@H](C2)c2cc(-c4cccnc4)cc(=O)n2C3)nc[nH]1. The largest absolute Gasteiger partial charge is 0.355 e. The summed E-state index contributed by atoms with van der Waals surface area (Å²) in [7, 11) is 0. The van der Waals surface area contributed by atoms with Gasteiger partial charge in [-0.15, -0.1) is 0 Å². The molecule has 1 fully saturated rings. The van der Waals surface area contributed by atoms with Crippen molar-refractivity contribution in [2.24, 2.45) is 5.92 Å². The van der Waals surface area contributed by atoms with Crippen LogP contribution in [0, 0.1) is 5.92 Å². The fourth-order valence-corrected chi connectivity index (χ4v) is 4.38. The molecule has 1 N–H and O–H groups in total. The van der Waals surface area contributed by atoms with Crippen LogP contribution < -0.4 is 16.0 Å². The molecule has 2 atom stereocenters. The Kier molecular flexibility index (Phi) is 3.67. The van der Waals surface area contributed by atoms with E-state index in [0.29, 0.717) is 18.3 Å². The minimum Gasteiger partial charge on any atom is -0.355 e. The van der Waals surface area contributed by atoms with Crippen molar-refractivity contribution in [3.8, 4) is 11.1 Å². The Hall–Kier alpha value is -3.22. The molecule has 27 heavy (non-hydrogen) atoms. The average Bonchev–Trinajstić information content (AvgIpc) is 2.69. The number of pyridine rings is 2. The number of nitrogens with zero attached hydrogens (tertiary/aromatic N) is 4. The molecule has 0 amide bonds. The van der Waals surface area contributed by atoms with E-state index in [-0.39, 0.29) is 17.0 Å². The van der Waals surface area contributed by atoms with E-state index in [1.165, 1.54) is 6.33 Å². The van der Waals surface area contributed by atoms with Crippen LogP contribution in [0.4, 0.5) is 5.82 Å². The molecule has 2 aliphatic heterocycles. The maximum absolute atomic E-state index is 12.8. The van der Waals surface area contributed by atoms with Crippen molar-refractivity contribution in [2.75, 3.05) is 18.0 Å². The molecule has 0 unspecified atom stereocenters. The second-order valence-electron chi connectivity index (χ2n) is 7.33. The predicted molar refractivity (Wildman–Crippen MR) is 102 cm³/mol. The maximum Gasteiger partial charge on any atom is 0.252 e. The van der Waals surface area contributed by atoms with E-state index in [0.717, 1.165) is 36.3 Å². The number of piperidine rings is 1. The summed E-state index contributed by atoms with van der Waals surface area (Å²) in [6, 6.07) is 9.22. The highest BCUT2D eigenvalue weighted by Gasteiger charge is 2.35. The maximum atomic E-state index is 12.8. The summed E-state index contributed by atoms with van der Waals surface area (Å²) in [6.07, 6.45) is 6.01. The van der Waals surface area contributed by atoms with Gasteiger partial charge < -0.3 is 14.5 Å². The van der Waals surface area contributed by atoms with Gasteiger partial charge in [0.2, 0.25) is 0 Å². The van der Waals surface area contributed by atoms with Gasteiger partial charge in [0.1, 0.15) is 5.82 Å². The molecule has 0 aliphatic carbocycles. The highest BCUT2D eigenvalue weighted by Crippen LogP contribution is 2.37. The van der Waals surface area contributed by atoms with Crippen molar-refractivity contribution in [1.82, 2.24) is 19.5 Å². The van der Waals surface area contributed by atoms with E-state index >= 15 is 0 Å². The first-order valence-corrected chi connectivity index (χ1v) is 9.12. The molecule has 2 aliphatic rings. The van der Waals surface area contributed by atoms with E-state index in [1.54, 1.807) is 24.5 Å². The van der Waals surface area contributed by atoms with Crippen molar-refractivity contribution < 1.29 is 0 Å². The Labute approximate surface area is 155 Å². The van der Waals surface area contributed by atoms with Crippen LogP contribution in [-0.2, 0) is 6.54 Å². The minimum absolute atomic E-state index is 0.0452. The van der Waals surface area contributed by atoms with Gasteiger partial charge in [0.15, 0.2) is 0 Å². The Balaban J connectivity index is 1.54. The number of nitrogens with one attached hydrogen (secondary N) is 1. The van der Waals surface area contributed by atoms with Gasteiger partial charge in [-0.1, -0.05) is 6.07 Å². The van der Waals surface area contributed by atoms with Crippen molar-refractivity contribution in [1.29, 1.82) is 0 Å². The number of hydrogen-bond acceptors (Lipinski definition) is 5. The van der Waals surface area contributed by atoms with E-state index in [4.69, 9.17) is 0 Å². The highest BCUT2D eigenvalue weighted by molar-refractivity contribution is 5.62. The molecular weight excluding hydrogens is 342 g/mol. The summed E-state index contributed by atoms with van der Waals surface area (Å²) in [5, 5.41) is 0. The number of H-pyrrole nitrogens is 1. The highest BCUT2D eigenvalue weighted by atomic mass is 16.1. The first kappa shape index (κ1) is 16.0. The second-order valence-corrected chi connectivity index (χ2v) is 7.33. The third-order valence-corrected chi connectivity index (χ3v) is 5.54. The van der Waals surface area contributed by atoms with E-state index in [2.05, 4.69) is 25.9 Å². The molecule has 2 bridgehead atoms. The lowest BCUT2D eigenvalue weighted by Gasteiger charge is -2.43. The van der Waals surface area contributed by atoms with Gasteiger partial charge in [0.25, 0.3) is 11.1 Å². The van der Waals surface area contributed by atoms with Gasteiger partial charge in [0.05, 0.1) is 6.33 Å². The van der Waals surface area contributed by atoms with Crippen molar-refractivity contribution in [3.63, 3.8) is 0 Å². The third kappa shape index (κ3) is 2.85. The molecule has 5 heterocycles. The van der Waals surface area contributed by atoms with Gasteiger partial charge in [-0.25, -0.2) is 4.98 Å². The van der Waals surface area contributed by atoms with Crippen molar-refractivity contribution in [2.45, 2.75) is 18.9 Å². The Morgan fingerprint density at radius 2 is 2.00 bits per heavy atom. The summed E-state index contributed by atoms with van der Waals surface area (Å²) in [6.45, 7) is 2.27. The zero-order valence-corrected chi connectivity index (χ0v) is 14.7. The van der Waals surface area contributed by atoms with Gasteiger partial charge in [-0.3, -0.25) is 14.6 Å². The van der Waals surface area contributed by atoms with Crippen LogP contribution in [0.25, 0.3) is 11.1 Å². The molecule has 0 spiro atoms. The molecule has 7 nitrogen and oxygen atoms in total. The van der Waals surface area contributed by atoms with Crippen molar-refractivity contribution in [3.05, 3.63) is 75.5 Å². The summed E-state index contributed by atoms with van der Waals surface area (Å²) >= 11 is 0. The first-order chi connectivity index (χ1) is 13.2. The molecule has 5 rings (SSSR count). The lowest BCUT2D eigenvalue weighted by Crippen LogP contribution is -2.47. The van der Waals surface area contributed by atoms with Crippen LogP contribution in [0.1, 0.15) is 18.0 Å². The minimum atomic E-state index is -0.147. The summed E-state index contributed by atoms with van der Waals surface area (Å²) in [5.41, 5.74) is 2.82. The number of anilines is 1. The molecule has 0 aromatic carbocycles. The lowest BCUT2D eigenvalue weighted by atomic mass is 9.82. The summed E-state index contributed by atoms with van der Waals surface area (Å²) < 4.78 is 1.92. The van der Waals surface area contributed by atoms with Gasteiger partial charge in [-0.2, -0.15) is 0 Å². The molecule has 3 aromatic heterocycles. The predicted octanol–water partition coefficient (Wildman–Crippen LogP) is 1.62. The number of aromatic amines is 1. The van der Waals surface area contributed by atoms with E-state index < -0.39 is 0 Å². The Morgan fingerprint density at radius 3 is 2.81 bits per heavy atom. The van der Waals surface area contributed by atoms with Crippen LogP contribution >= 0.6 is 0 Å². The zero-order chi connectivity index (χ0) is 18.4. The number of hydrogen-bond donors (Lipinski definition) is 1. The molecule has 7 heteroatoms. The molecule has 1 saturated heterocycles. The number of aromatic nitrogens is 4. The van der Waals surface area contributed by atoms with Crippen LogP contribution in [-0.4, -0.2) is 32.6 Å². The van der Waals surface area contributed by atoms with E-state index in [1.807, 2.05) is 16.7 Å². The van der Waals surface area contributed by atoms with Crippen molar-refractivity contribution >= 4 is 5.82 Å². The topological polar surface area (TPSA) is 83.9 Å². The smallest absolute Gasteiger partial charge is 0.252 e. The average molecular weight is 361 g/mol. The Morgan fingerprint density at radius 1 is 1.07 bits per heavy atom. The summed E-state index contributed by atoms with van der Waals surface area (Å²) in [5.74, 6) is 1.31. The van der Waals surface area contributed by atoms with Crippen LogP contribution in [0.5, 0.6) is 0 Å². The quantitative estimate of drug-likeness (QED) is 0.750. The third-order valence-electron chi connectivity index (χ3n) is 5.54.